The van der Waals surface area contributed by atoms with Gasteiger partial charge in [-0.05, 0) is 12.3 Å². The maximum atomic E-state index is 11.8. The van der Waals surface area contributed by atoms with E-state index in [2.05, 4.69) is 10.6 Å². The molecule has 20 heavy (non-hydrogen) atoms. The third kappa shape index (κ3) is 3.62. The molecule has 0 aliphatic heterocycles. The van der Waals surface area contributed by atoms with E-state index in [4.69, 9.17) is 9.84 Å². The molecule has 1 fully saturated rings. The van der Waals surface area contributed by atoms with Crippen LogP contribution in [0.2, 0.25) is 0 Å². The van der Waals surface area contributed by atoms with Gasteiger partial charge in [0.15, 0.2) is 0 Å². The molecular formula is C14H26N2O4. The zero-order valence-corrected chi connectivity index (χ0v) is 12.9. The molecule has 3 atom stereocenters. The van der Waals surface area contributed by atoms with Crippen LogP contribution in [0.3, 0.4) is 0 Å². The van der Waals surface area contributed by atoms with E-state index in [-0.39, 0.29) is 36.1 Å². The molecule has 116 valence electrons. The van der Waals surface area contributed by atoms with Gasteiger partial charge in [0.25, 0.3) is 0 Å². The monoisotopic (exact) mass is 286 g/mol. The van der Waals surface area contributed by atoms with E-state index < -0.39 is 11.9 Å². The summed E-state index contributed by atoms with van der Waals surface area (Å²) in [5.41, 5.74) is -0.101. The molecule has 0 saturated heterocycles. The standard InChI is InChI=1S/C14H26N2O4/c1-8(2)9(12(17)18)7-15-13(19)16-10-6-11(20-5)14(10,3)4/h8-11H,6-7H2,1-5H3,(H,17,18)(H2,15,16,19). The zero-order chi connectivity index (χ0) is 15.5. The summed E-state index contributed by atoms with van der Waals surface area (Å²) in [5.74, 6) is -1.48. The average Bonchev–Trinajstić information content (AvgIpc) is 2.33. The van der Waals surface area contributed by atoms with Crippen LogP contribution in [0.15, 0.2) is 0 Å². The minimum absolute atomic E-state index is 0.0224. The fraction of sp³-hybridized carbons (Fsp3) is 0.857. The Labute approximate surface area is 120 Å². The summed E-state index contributed by atoms with van der Waals surface area (Å²) in [4.78, 5) is 22.9. The molecule has 6 heteroatoms. The highest BCUT2D eigenvalue weighted by molar-refractivity contribution is 5.76. The summed E-state index contributed by atoms with van der Waals surface area (Å²) in [7, 11) is 1.67. The molecule has 6 nitrogen and oxygen atoms in total. The van der Waals surface area contributed by atoms with Crippen molar-refractivity contribution in [2.75, 3.05) is 13.7 Å². The molecule has 0 spiro atoms. The van der Waals surface area contributed by atoms with E-state index in [9.17, 15) is 9.59 Å². The normalized spacial score (nSPS) is 25.7. The maximum Gasteiger partial charge on any atom is 0.315 e. The molecule has 0 aromatic carbocycles. The Morgan fingerprint density at radius 1 is 1.40 bits per heavy atom. The van der Waals surface area contributed by atoms with Crippen molar-refractivity contribution in [3.8, 4) is 0 Å². The molecule has 3 N–H and O–H groups in total. The van der Waals surface area contributed by atoms with Crippen LogP contribution in [0.5, 0.6) is 0 Å². The number of amides is 2. The van der Waals surface area contributed by atoms with Gasteiger partial charge < -0.3 is 20.5 Å². The van der Waals surface area contributed by atoms with Gasteiger partial charge in [-0.25, -0.2) is 4.79 Å². The highest BCUT2D eigenvalue weighted by Crippen LogP contribution is 2.42. The molecule has 0 heterocycles. The molecule has 3 unspecified atom stereocenters. The highest BCUT2D eigenvalue weighted by atomic mass is 16.5. The lowest BCUT2D eigenvalue weighted by Gasteiger charge is -2.51. The van der Waals surface area contributed by atoms with E-state index in [1.165, 1.54) is 0 Å². The maximum absolute atomic E-state index is 11.8. The molecule has 1 aliphatic carbocycles. The predicted octanol–water partition coefficient (Wildman–Crippen LogP) is 1.46. The predicted molar refractivity (Wildman–Crippen MR) is 75.5 cm³/mol. The van der Waals surface area contributed by atoms with Crippen LogP contribution in [0.25, 0.3) is 0 Å². The number of carboxylic acid groups (broad SMARTS) is 1. The fourth-order valence-corrected chi connectivity index (χ4v) is 2.55. The van der Waals surface area contributed by atoms with Crippen molar-refractivity contribution in [1.82, 2.24) is 10.6 Å². The number of aliphatic carboxylic acids is 1. The Morgan fingerprint density at radius 3 is 2.40 bits per heavy atom. The molecule has 0 aromatic heterocycles. The van der Waals surface area contributed by atoms with Crippen molar-refractivity contribution >= 4 is 12.0 Å². The van der Waals surface area contributed by atoms with E-state index in [0.29, 0.717) is 0 Å². The summed E-state index contributed by atoms with van der Waals surface area (Å²) >= 11 is 0. The number of carboxylic acids is 1. The Bertz CT molecular complexity index is 368. The summed E-state index contributed by atoms with van der Waals surface area (Å²) in [6.45, 7) is 7.89. The summed E-state index contributed by atoms with van der Waals surface area (Å²) < 4.78 is 5.32. The number of hydrogen-bond donors (Lipinski definition) is 3. The minimum atomic E-state index is -0.885. The zero-order valence-electron chi connectivity index (χ0n) is 12.9. The molecule has 0 aromatic rings. The second-order valence-corrected chi connectivity index (χ2v) is 6.38. The van der Waals surface area contributed by atoms with Gasteiger partial charge in [0.05, 0.1) is 12.0 Å². The fourth-order valence-electron chi connectivity index (χ4n) is 2.55. The van der Waals surface area contributed by atoms with Gasteiger partial charge >= 0.3 is 12.0 Å². The molecule has 0 bridgehead atoms. The number of carbonyl (C=O) groups excluding carboxylic acids is 1. The van der Waals surface area contributed by atoms with Gasteiger partial charge in [-0.3, -0.25) is 4.79 Å². The Hall–Kier alpha value is -1.30. The van der Waals surface area contributed by atoms with Crippen molar-refractivity contribution in [2.45, 2.75) is 46.3 Å². The summed E-state index contributed by atoms with van der Waals surface area (Å²) in [5, 5.41) is 14.6. The first-order valence-corrected chi connectivity index (χ1v) is 7.00. The first-order chi connectivity index (χ1) is 9.20. The van der Waals surface area contributed by atoms with Crippen molar-refractivity contribution in [3.05, 3.63) is 0 Å². The molecule has 0 radical (unpaired) electrons. The van der Waals surface area contributed by atoms with E-state index >= 15 is 0 Å². The van der Waals surface area contributed by atoms with Crippen LogP contribution >= 0.6 is 0 Å². The van der Waals surface area contributed by atoms with E-state index in [1.54, 1.807) is 7.11 Å². The van der Waals surface area contributed by atoms with Crippen molar-refractivity contribution in [2.24, 2.45) is 17.3 Å². The van der Waals surface area contributed by atoms with Crippen LogP contribution in [0, 0.1) is 17.3 Å². The van der Waals surface area contributed by atoms with Crippen LogP contribution < -0.4 is 10.6 Å². The molecular weight excluding hydrogens is 260 g/mol. The number of methoxy groups -OCH3 is 1. The minimum Gasteiger partial charge on any atom is -0.481 e. The van der Waals surface area contributed by atoms with E-state index in [1.807, 2.05) is 27.7 Å². The number of nitrogens with one attached hydrogen (secondary N) is 2. The van der Waals surface area contributed by atoms with Crippen LogP contribution in [0.4, 0.5) is 4.79 Å². The van der Waals surface area contributed by atoms with Crippen LogP contribution in [0.1, 0.15) is 34.1 Å². The smallest absolute Gasteiger partial charge is 0.315 e. The average molecular weight is 286 g/mol. The summed E-state index contributed by atoms with van der Waals surface area (Å²) in [6, 6.07) is -0.265. The second kappa shape index (κ2) is 6.43. The van der Waals surface area contributed by atoms with Crippen molar-refractivity contribution in [1.29, 1.82) is 0 Å². The topological polar surface area (TPSA) is 87.7 Å². The molecule has 1 aliphatic rings. The van der Waals surface area contributed by atoms with Gasteiger partial charge in [0.2, 0.25) is 0 Å². The Kier molecular flexibility index (Phi) is 5.39. The Balaban J connectivity index is 2.40. The first-order valence-electron chi connectivity index (χ1n) is 7.00. The number of urea groups is 1. The van der Waals surface area contributed by atoms with Gasteiger partial charge in [-0.2, -0.15) is 0 Å². The first kappa shape index (κ1) is 16.8. The van der Waals surface area contributed by atoms with Crippen molar-refractivity contribution in [3.63, 3.8) is 0 Å². The van der Waals surface area contributed by atoms with Crippen molar-refractivity contribution < 1.29 is 19.4 Å². The van der Waals surface area contributed by atoms with Gasteiger partial charge in [-0.15, -0.1) is 0 Å². The van der Waals surface area contributed by atoms with Gasteiger partial charge in [0, 0.05) is 25.1 Å². The van der Waals surface area contributed by atoms with Gasteiger partial charge in [0.1, 0.15) is 0 Å². The number of ether oxygens (including phenoxy) is 1. The van der Waals surface area contributed by atoms with E-state index in [0.717, 1.165) is 6.42 Å². The van der Waals surface area contributed by atoms with Crippen LogP contribution in [-0.2, 0) is 9.53 Å². The Morgan fingerprint density at radius 2 is 2.00 bits per heavy atom. The highest BCUT2D eigenvalue weighted by Gasteiger charge is 2.49. The third-order valence-corrected chi connectivity index (χ3v) is 4.37. The number of carbonyl (C=O) groups is 2. The molecule has 2 amide bonds. The quantitative estimate of drug-likeness (QED) is 0.689. The third-order valence-electron chi connectivity index (χ3n) is 4.37. The van der Waals surface area contributed by atoms with Gasteiger partial charge in [-0.1, -0.05) is 27.7 Å². The largest absolute Gasteiger partial charge is 0.481 e. The van der Waals surface area contributed by atoms with Crippen LogP contribution in [-0.4, -0.2) is 42.9 Å². The lowest BCUT2D eigenvalue weighted by atomic mass is 9.64. The lowest BCUT2D eigenvalue weighted by Crippen LogP contribution is -2.63. The molecule has 1 saturated carbocycles. The number of hydrogen-bond acceptors (Lipinski definition) is 3. The molecule has 1 rings (SSSR count). The number of rotatable bonds is 6. The SMILES string of the molecule is COC1CC(NC(=O)NCC(C(=O)O)C(C)C)C1(C)C. The summed E-state index contributed by atoms with van der Waals surface area (Å²) in [6.07, 6.45) is 0.930. The second-order valence-electron chi connectivity index (χ2n) is 6.38. The lowest BCUT2D eigenvalue weighted by molar-refractivity contribution is -0.142.